The smallest absolute Gasteiger partial charge is 0.238 e. The van der Waals surface area contributed by atoms with Gasteiger partial charge >= 0.3 is 0 Å². The van der Waals surface area contributed by atoms with E-state index in [1.54, 1.807) is 0 Å². The molecular weight excluding hydrogens is 252 g/mol. The molecule has 0 aliphatic carbocycles. The van der Waals surface area contributed by atoms with Crippen LogP contribution in [-0.2, 0) is 9.53 Å². The molecule has 4 heteroatoms. The third-order valence-electron chi connectivity index (χ3n) is 3.69. The van der Waals surface area contributed by atoms with E-state index in [-0.39, 0.29) is 5.91 Å². The van der Waals surface area contributed by atoms with Gasteiger partial charge in [-0.3, -0.25) is 9.69 Å². The van der Waals surface area contributed by atoms with E-state index < -0.39 is 0 Å². The molecular formula is C16H24N2O2. The average molecular weight is 276 g/mol. The van der Waals surface area contributed by atoms with E-state index in [9.17, 15) is 4.79 Å². The number of anilines is 1. The van der Waals surface area contributed by atoms with Gasteiger partial charge < -0.3 is 10.1 Å². The first-order chi connectivity index (χ1) is 9.78. The number of ether oxygens (including phenoxy) is 1. The molecule has 1 saturated heterocycles. The number of piperidine rings is 1. The number of nitrogens with one attached hydrogen (secondary N) is 1. The second-order valence-corrected chi connectivity index (χ2v) is 5.29. The first kappa shape index (κ1) is 15.0. The minimum Gasteiger partial charge on any atom is -0.381 e. The number of nitrogens with zero attached hydrogens (tertiary/aromatic N) is 1. The van der Waals surface area contributed by atoms with Crippen molar-refractivity contribution in [1.29, 1.82) is 0 Å². The first-order valence-corrected chi connectivity index (χ1v) is 7.43. The van der Waals surface area contributed by atoms with Crippen molar-refractivity contribution >= 4 is 11.6 Å². The van der Waals surface area contributed by atoms with Crippen LogP contribution < -0.4 is 5.32 Å². The third kappa shape index (κ3) is 4.94. The van der Waals surface area contributed by atoms with E-state index in [2.05, 4.69) is 10.2 Å². The highest BCUT2D eigenvalue weighted by Gasteiger charge is 2.20. The van der Waals surface area contributed by atoms with Gasteiger partial charge in [-0.15, -0.1) is 0 Å². The molecule has 1 aliphatic rings. The number of hydrogen-bond donors (Lipinski definition) is 1. The van der Waals surface area contributed by atoms with Crippen LogP contribution >= 0.6 is 0 Å². The molecule has 1 fully saturated rings. The maximum atomic E-state index is 12.0. The summed E-state index contributed by atoms with van der Waals surface area (Å²) in [5.74, 6) is 0.725. The molecule has 1 aromatic rings. The summed E-state index contributed by atoms with van der Waals surface area (Å²) in [6.07, 6.45) is 2.25. The fourth-order valence-electron chi connectivity index (χ4n) is 2.52. The van der Waals surface area contributed by atoms with Crippen LogP contribution in [0.1, 0.15) is 19.8 Å². The van der Waals surface area contributed by atoms with Crippen LogP contribution in [0.5, 0.6) is 0 Å². The number of benzene rings is 1. The summed E-state index contributed by atoms with van der Waals surface area (Å²) in [5, 5.41) is 2.93. The van der Waals surface area contributed by atoms with E-state index in [0.29, 0.717) is 12.5 Å². The SMILES string of the molecule is CCOCC1CCN(CC(=O)Nc2ccccc2)CC1. The molecule has 0 bridgehead atoms. The standard InChI is InChI=1S/C16H24N2O2/c1-2-20-13-14-8-10-18(11-9-14)12-16(19)17-15-6-4-3-5-7-15/h3-7,14H,2,8-13H2,1H3,(H,17,19). The third-order valence-corrected chi connectivity index (χ3v) is 3.69. The predicted molar refractivity (Wildman–Crippen MR) is 80.7 cm³/mol. The Morgan fingerprint density at radius 1 is 1.30 bits per heavy atom. The van der Waals surface area contributed by atoms with Crippen molar-refractivity contribution < 1.29 is 9.53 Å². The number of carbonyl (C=O) groups is 1. The minimum absolute atomic E-state index is 0.0689. The Balaban J connectivity index is 1.68. The molecule has 20 heavy (non-hydrogen) atoms. The molecule has 0 aromatic heterocycles. The van der Waals surface area contributed by atoms with E-state index >= 15 is 0 Å². The fraction of sp³-hybridized carbons (Fsp3) is 0.562. The van der Waals surface area contributed by atoms with Crippen LogP contribution in [0, 0.1) is 5.92 Å². The molecule has 1 aliphatic heterocycles. The molecule has 1 aromatic carbocycles. The van der Waals surface area contributed by atoms with E-state index in [0.717, 1.165) is 44.8 Å². The Bertz CT molecular complexity index is 400. The molecule has 0 spiro atoms. The predicted octanol–water partition coefficient (Wildman–Crippen LogP) is 2.37. The van der Waals surface area contributed by atoms with E-state index in [1.165, 1.54) is 0 Å². The van der Waals surface area contributed by atoms with Gasteiger partial charge in [0, 0.05) is 18.9 Å². The van der Waals surface area contributed by atoms with Crippen molar-refractivity contribution in [3.63, 3.8) is 0 Å². The van der Waals surface area contributed by atoms with Gasteiger partial charge in [-0.25, -0.2) is 0 Å². The largest absolute Gasteiger partial charge is 0.381 e. The summed E-state index contributed by atoms with van der Waals surface area (Å²) >= 11 is 0. The lowest BCUT2D eigenvalue weighted by Gasteiger charge is -2.31. The zero-order valence-corrected chi connectivity index (χ0v) is 12.2. The number of likely N-dealkylation sites (tertiary alicyclic amines) is 1. The summed E-state index contributed by atoms with van der Waals surface area (Å²) < 4.78 is 5.47. The highest BCUT2D eigenvalue weighted by Crippen LogP contribution is 2.17. The van der Waals surface area contributed by atoms with Crippen LogP contribution in [0.25, 0.3) is 0 Å². The lowest BCUT2D eigenvalue weighted by atomic mass is 9.98. The van der Waals surface area contributed by atoms with Gasteiger partial charge in [0.25, 0.3) is 0 Å². The summed E-state index contributed by atoms with van der Waals surface area (Å²) in [5.41, 5.74) is 0.865. The maximum Gasteiger partial charge on any atom is 0.238 e. The molecule has 2 rings (SSSR count). The second kappa shape index (κ2) is 8.02. The summed E-state index contributed by atoms with van der Waals surface area (Å²) in [4.78, 5) is 14.2. The Kier molecular flexibility index (Phi) is 6.02. The highest BCUT2D eigenvalue weighted by molar-refractivity contribution is 5.92. The molecule has 1 amide bonds. The van der Waals surface area contributed by atoms with Crippen LogP contribution in [0.4, 0.5) is 5.69 Å². The molecule has 0 unspecified atom stereocenters. The monoisotopic (exact) mass is 276 g/mol. The maximum absolute atomic E-state index is 12.0. The van der Waals surface area contributed by atoms with Crippen molar-refractivity contribution in [2.24, 2.45) is 5.92 Å². The minimum atomic E-state index is 0.0689. The van der Waals surface area contributed by atoms with Crippen molar-refractivity contribution in [1.82, 2.24) is 4.90 Å². The molecule has 1 N–H and O–H groups in total. The van der Waals surface area contributed by atoms with Gasteiger partial charge in [0.15, 0.2) is 0 Å². The Morgan fingerprint density at radius 3 is 2.65 bits per heavy atom. The summed E-state index contributed by atoms with van der Waals surface area (Å²) in [6, 6.07) is 9.61. The van der Waals surface area contributed by atoms with Crippen LogP contribution in [0.15, 0.2) is 30.3 Å². The fourth-order valence-corrected chi connectivity index (χ4v) is 2.52. The van der Waals surface area contributed by atoms with Gasteiger partial charge in [0.1, 0.15) is 0 Å². The summed E-state index contributed by atoms with van der Waals surface area (Å²) in [6.45, 7) is 6.14. The second-order valence-electron chi connectivity index (χ2n) is 5.29. The lowest BCUT2D eigenvalue weighted by molar-refractivity contribution is -0.117. The quantitative estimate of drug-likeness (QED) is 0.867. The topological polar surface area (TPSA) is 41.6 Å². The van der Waals surface area contributed by atoms with Crippen molar-refractivity contribution in [2.75, 3.05) is 38.2 Å². The number of amides is 1. The van der Waals surface area contributed by atoms with Gasteiger partial charge in [-0.2, -0.15) is 0 Å². The number of carbonyl (C=O) groups excluding carboxylic acids is 1. The molecule has 0 saturated carbocycles. The lowest BCUT2D eigenvalue weighted by Crippen LogP contribution is -2.40. The van der Waals surface area contributed by atoms with Gasteiger partial charge in [0.2, 0.25) is 5.91 Å². The number of para-hydroxylation sites is 1. The van der Waals surface area contributed by atoms with Gasteiger partial charge in [-0.1, -0.05) is 18.2 Å². The van der Waals surface area contributed by atoms with Crippen molar-refractivity contribution in [3.8, 4) is 0 Å². The normalized spacial score (nSPS) is 17.1. The Labute approximate surface area is 121 Å². The molecule has 0 atom stereocenters. The average Bonchev–Trinajstić information content (AvgIpc) is 2.47. The molecule has 0 radical (unpaired) electrons. The number of hydrogen-bond acceptors (Lipinski definition) is 3. The first-order valence-electron chi connectivity index (χ1n) is 7.43. The summed E-state index contributed by atoms with van der Waals surface area (Å²) in [7, 11) is 0. The zero-order chi connectivity index (χ0) is 14.2. The highest BCUT2D eigenvalue weighted by atomic mass is 16.5. The van der Waals surface area contributed by atoms with E-state index in [4.69, 9.17) is 4.74 Å². The van der Waals surface area contributed by atoms with Crippen molar-refractivity contribution in [2.45, 2.75) is 19.8 Å². The molecule has 4 nitrogen and oxygen atoms in total. The van der Waals surface area contributed by atoms with Crippen molar-refractivity contribution in [3.05, 3.63) is 30.3 Å². The molecule has 1 heterocycles. The van der Waals surface area contributed by atoms with E-state index in [1.807, 2.05) is 37.3 Å². The Morgan fingerprint density at radius 2 is 2.00 bits per heavy atom. The van der Waals surface area contributed by atoms with Crippen LogP contribution in [-0.4, -0.2) is 43.7 Å². The Hall–Kier alpha value is -1.39. The van der Waals surface area contributed by atoms with Gasteiger partial charge in [-0.05, 0) is 50.9 Å². The van der Waals surface area contributed by atoms with Crippen LogP contribution in [0.3, 0.4) is 0 Å². The zero-order valence-electron chi connectivity index (χ0n) is 12.2. The van der Waals surface area contributed by atoms with Gasteiger partial charge in [0.05, 0.1) is 6.54 Å². The van der Waals surface area contributed by atoms with Crippen LogP contribution in [0.2, 0.25) is 0 Å². The molecule has 110 valence electrons. The number of rotatable bonds is 6.